The van der Waals surface area contributed by atoms with E-state index in [1.807, 2.05) is 0 Å². The van der Waals surface area contributed by atoms with Gasteiger partial charge in [-0.05, 0) is 35.2 Å². The van der Waals surface area contributed by atoms with E-state index >= 15 is 0 Å². The molecule has 0 bridgehead atoms. The molecule has 3 N–H and O–H groups in total. The van der Waals surface area contributed by atoms with Crippen molar-refractivity contribution >= 4 is 22.7 Å². The molecule has 0 aliphatic carbocycles. The fourth-order valence-electron chi connectivity index (χ4n) is 3.34. The van der Waals surface area contributed by atoms with Crippen LogP contribution in [0.15, 0.2) is 36.4 Å². The molecular formula is C20H14O8. The lowest BCUT2D eigenvalue weighted by Crippen LogP contribution is -2.11. The minimum absolute atomic E-state index is 0.0259. The van der Waals surface area contributed by atoms with E-state index in [0.717, 1.165) is 0 Å². The third kappa shape index (κ3) is 2.54. The maximum absolute atomic E-state index is 12.0. The van der Waals surface area contributed by atoms with Crippen LogP contribution in [0.25, 0.3) is 21.9 Å². The number of benzene rings is 3. The highest BCUT2D eigenvalue weighted by molar-refractivity contribution is 6.18. The quantitative estimate of drug-likeness (QED) is 0.628. The minimum Gasteiger partial charge on any atom is -0.506 e. The second kappa shape index (κ2) is 6.34. The molecule has 0 aromatic heterocycles. The number of ether oxygens (including phenoxy) is 3. The fourth-order valence-corrected chi connectivity index (χ4v) is 3.34. The summed E-state index contributed by atoms with van der Waals surface area (Å²) in [5.74, 6) is -2.40. The van der Waals surface area contributed by atoms with Gasteiger partial charge in [0.15, 0.2) is 11.5 Å². The van der Waals surface area contributed by atoms with Crippen molar-refractivity contribution in [2.75, 3.05) is 13.9 Å². The number of phenols is 1. The van der Waals surface area contributed by atoms with Crippen LogP contribution in [0.4, 0.5) is 0 Å². The molecule has 28 heavy (non-hydrogen) atoms. The fraction of sp³-hybridized carbons (Fsp3) is 0.100. The zero-order chi connectivity index (χ0) is 20.0. The van der Waals surface area contributed by atoms with Crippen molar-refractivity contribution in [3.8, 4) is 34.1 Å². The van der Waals surface area contributed by atoms with E-state index in [1.165, 1.54) is 19.2 Å². The average molecular weight is 382 g/mol. The monoisotopic (exact) mass is 382 g/mol. The van der Waals surface area contributed by atoms with Crippen LogP contribution in [0, 0.1) is 0 Å². The van der Waals surface area contributed by atoms with E-state index < -0.39 is 28.8 Å². The molecule has 0 saturated carbocycles. The third-order valence-corrected chi connectivity index (χ3v) is 4.58. The predicted octanol–water partition coefficient (Wildman–Crippen LogP) is 3.35. The van der Waals surface area contributed by atoms with Crippen LogP contribution < -0.4 is 14.2 Å². The molecule has 8 heteroatoms. The van der Waals surface area contributed by atoms with Gasteiger partial charge in [-0.3, -0.25) is 0 Å². The number of carboxylic acid groups (broad SMARTS) is 2. The van der Waals surface area contributed by atoms with Gasteiger partial charge in [0.2, 0.25) is 6.79 Å². The van der Waals surface area contributed by atoms with Crippen LogP contribution in [-0.4, -0.2) is 41.2 Å². The molecule has 3 aromatic carbocycles. The molecule has 4 rings (SSSR count). The second-order valence-electron chi connectivity index (χ2n) is 6.06. The van der Waals surface area contributed by atoms with Crippen LogP contribution in [0.3, 0.4) is 0 Å². The molecule has 142 valence electrons. The van der Waals surface area contributed by atoms with Crippen LogP contribution >= 0.6 is 0 Å². The van der Waals surface area contributed by atoms with Gasteiger partial charge in [0, 0.05) is 10.9 Å². The van der Waals surface area contributed by atoms with Gasteiger partial charge < -0.3 is 29.5 Å². The Labute approximate surface area is 158 Å². The number of aromatic carboxylic acids is 2. The molecule has 1 aliphatic rings. The van der Waals surface area contributed by atoms with Crippen molar-refractivity contribution in [3.05, 3.63) is 47.5 Å². The summed E-state index contributed by atoms with van der Waals surface area (Å²) < 4.78 is 15.8. The first kappa shape index (κ1) is 17.5. The SMILES string of the molecule is COc1ccc(-c2c(C(=O)O)c(C(=O)O)c(O)c3cc4c(cc23)OCO4)cc1. The standard InChI is InChI=1S/C20H14O8/c1-26-10-4-2-9(3-5-10)15-11-6-13-14(28-8-27-13)7-12(11)18(21)17(20(24)25)16(15)19(22)23/h2-7,21H,8H2,1H3,(H,22,23)(H,24,25). The lowest BCUT2D eigenvalue weighted by atomic mass is 9.88. The predicted molar refractivity (Wildman–Crippen MR) is 97.6 cm³/mol. The molecule has 0 fully saturated rings. The van der Waals surface area contributed by atoms with Crippen LogP contribution in [0.5, 0.6) is 23.0 Å². The Morgan fingerprint density at radius 2 is 1.50 bits per heavy atom. The number of hydrogen-bond acceptors (Lipinski definition) is 6. The molecule has 0 radical (unpaired) electrons. The van der Waals surface area contributed by atoms with Gasteiger partial charge in [-0.25, -0.2) is 9.59 Å². The zero-order valence-electron chi connectivity index (χ0n) is 14.6. The maximum atomic E-state index is 12.0. The Kier molecular flexibility index (Phi) is 3.96. The molecule has 1 heterocycles. The summed E-state index contributed by atoms with van der Waals surface area (Å²) in [7, 11) is 1.50. The number of fused-ring (bicyclic) bond motifs is 2. The van der Waals surface area contributed by atoms with Gasteiger partial charge in [0.1, 0.15) is 17.1 Å². The maximum Gasteiger partial charge on any atom is 0.340 e. The first-order valence-electron chi connectivity index (χ1n) is 8.15. The first-order chi connectivity index (χ1) is 13.4. The lowest BCUT2D eigenvalue weighted by Gasteiger charge is -2.16. The molecule has 1 aliphatic heterocycles. The summed E-state index contributed by atoms with van der Waals surface area (Å²) in [5, 5.41) is 30.4. The molecule has 0 spiro atoms. The summed E-state index contributed by atoms with van der Waals surface area (Å²) in [6.45, 7) is -0.0259. The summed E-state index contributed by atoms with van der Waals surface area (Å²) in [4.78, 5) is 23.8. The van der Waals surface area contributed by atoms with Crippen LogP contribution in [-0.2, 0) is 0 Å². The van der Waals surface area contributed by atoms with Crippen molar-refractivity contribution in [2.45, 2.75) is 0 Å². The van der Waals surface area contributed by atoms with E-state index in [0.29, 0.717) is 28.2 Å². The topological polar surface area (TPSA) is 123 Å². The Hall–Kier alpha value is -3.94. The van der Waals surface area contributed by atoms with Crippen molar-refractivity contribution in [1.82, 2.24) is 0 Å². The summed E-state index contributed by atoms with van der Waals surface area (Å²) in [6, 6.07) is 9.48. The van der Waals surface area contributed by atoms with Gasteiger partial charge in [-0.2, -0.15) is 0 Å². The average Bonchev–Trinajstić information content (AvgIpc) is 3.13. The van der Waals surface area contributed by atoms with Crippen molar-refractivity contribution in [2.24, 2.45) is 0 Å². The van der Waals surface area contributed by atoms with E-state index in [4.69, 9.17) is 14.2 Å². The van der Waals surface area contributed by atoms with Gasteiger partial charge in [-0.15, -0.1) is 0 Å². The van der Waals surface area contributed by atoms with Gasteiger partial charge in [-0.1, -0.05) is 12.1 Å². The van der Waals surface area contributed by atoms with Gasteiger partial charge >= 0.3 is 11.9 Å². The normalized spacial score (nSPS) is 12.2. The number of rotatable bonds is 4. The molecule has 0 atom stereocenters. The van der Waals surface area contributed by atoms with Crippen molar-refractivity contribution in [3.63, 3.8) is 0 Å². The van der Waals surface area contributed by atoms with E-state index in [9.17, 15) is 24.9 Å². The van der Waals surface area contributed by atoms with Crippen molar-refractivity contribution in [1.29, 1.82) is 0 Å². The Bertz CT molecular complexity index is 1130. The molecule has 0 saturated heterocycles. The second-order valence-corrected chi connectivity index (χ2v) is 6.06. The zero-order valence-corrected chi connectivity index (χ0v) is 14.6. The summed E-state index contributed by atoms with van der Waals surface area (Å²) in [6.07, 6.45) is 0. The molecule has 3 aromatic rings. The van der Waals surface area contributed by atoms with E-state index in [1.54, 1.807) is 24.3 Å². The Morgan fingerprint density at radius 1 is 0.929 bits per heavy atom. The Morgan fingerprint density at radius 3 is 2.04 bits per heavy atom. The Balaban J connectivity index is 2.18. The van der Waals surface area contributed by atoms with Crippen LogP contribution in [0.2, 0.25) is 0 Å². The first-order valence-corrected chi connectivity index (χ1v) is 8.15. The highest BCUT2D eigenvalue weighted by atomic mass is 16.7. The van der Waals surface area contributed by atoms with Gasteiger partial charge in [0.05, 0.1) is 12.7 Å². The highest BCUT2D eigenvalue weighted by Gasteiger charge is 2.30. The van der Waals surface area contributed by atoms with E-state index in [2.05, 4.69) is 0 Å². The smallest absolute Gasteiger partial charge is 0.340 e. The lowest BCUT2D eigenvalue weighted by molar-refractivity contribution is 0.0649. The molecule has 0 amide bonds. The number of hydrogen-bond donors (Lipinski definition) is 3. The number of carbonyl (C=O) groups is 2. The number of aromatic hydroxyl groups is 1. The highest BCUT2D eigenvalue weighted by Crippen LogP contribution is 2.46. The molecular weight excluding hydrogens is 368 g/mol. The largest absolute Gasteiger partial charge is 0.506 e. The molecule has 8 nitrogen and oxygen atoms in total. The number of methoxy groups -OCH3 is 1. The minimum atomic E-state index is -1.55. The van der Waals surface area contributed by atoms with Gasteiger partial charge in [0.25, 0.3) is 0 Å². The van der Waals surface area contributed by atoms with E-state index in [-0.39, 0.29) is 17.7 Å². The third-order valence-electron chi connectivity index (χ3n) is 4.58. The number of carboxylic acids is 2. The van der Waals surface area contributed by atoms with Crippen LogP contribution in [0.1, 0.15) is 20.7 Å². The van der Waals surface area contributed by atoms with Crippen molar-refractivity contribution < 1.29 is 39.1 Å². The summed E-state index contributed by atoms with van der Waals surface area (Å²) >= 11 is 0. The molecule has 0 unspecified atom stereocenters. The summed E-state index contributed by atoms with van der Waals surface area (Å²) in [5.41, 5.74) is -0.602.